The maximum atomic E-state index is 17.0. The summed E-state index contributed by atoms with van der Waals surface area (Å²) in [6, 6.07) is 5.79. The van der Waals surface area contributed by atoms with Crippen molar-refractivity contribution in [2.75, 3.05) is 37.7 Å². The molecule has 3 fully saturated rings. The monoisotopic (exact) mass is 626 g/mol. The number of alkyl halides is 1. The molecule has 4 aromatic rings. The van der Waals surface area contributed by atoms with Crippen LogP contribution < -0.4 is 15.0 Å². The standard InChI is InChI=1S/C35H33F3N6O2/c1-4-6-28-30-33(31(38)32(40-28)26-14-24(45)13-20-7-10-27(37)25(5-2)29(20)26)41-35(46-18-19(3)43-12-11-21(36)15-43)42-34(30)44-16-22-8-9-23(17-44)39-22/h2,7,10,13-14,19,21-23,39,45H,8-9,11-12,15-18H2,1,3H3/t19-,21-,22-,23+/m0/s1. The van der Waals surface area contributed by atoms with Crippen LogP contribution in [0.15, 0.2) is 24.3 Å². The van der Waals surface area contributed by atoms with E-state index < -0.39 is 17.8 Å². The van der Waals surface area contributed by atoms with Gasteiger partial charge >= 0.3 is 6.01 Å². The van der Waals surface area contributed by atoms with Crippen molar-refractivity contribution in [3.05, 3.63) is 47.2 Å². The van der Waals surface area contributed by atoms with E-state index in [-0.39, 0.29) is 69.9 Å². The molecule has 2 aromatic carbocycles. The number of nitrogens with one attached hydrogen (secondary N) is 1. The number of likely N-dealkylation sites (tertiary alicyclic amines) is 1. The lowest BCUT2D eigenvalue weighted by Gasteiger charge is -2.34. The minimum atomic E-state index is -0.871. The van der Waals surface area contributed by atoms with Crippen molar-refractivity contribution in [2.24, 2.45) is 0 Å². The van der Waals surface area contributed by atoms with Crippen LogP contribution in [0, 0.1) is 35.8 Å². The summed E-state index contributed by atoms with van der Waals surface area (Å²) in [6.45, 7) is 6.02. The number of rotatable bonds is 6. The number of piperazine rings is 1. The SMILES string of the molecule is C#Cc1c(F)ccc2cc(O)cc(-c3nc(C#CC)c4c(N5C[C@H]6CC[C@@H](C5)N6)nc(OC[C@H](C)N5CC[C@H](F)C5)nc4c3F)c12. The van der Waals surface area contributed by atoms with Gasteiger partial charge in [0.25, 0.3) is 0 Å². The van der Waals surface area contributed by atoms with Gasteiger partial charge in [-0.3, -0.25) is 4.90 Å². The molecule has 2 N–H and O–H groups in total. The Bertz CT molecular complexity index is 1960. The minimum Gasteiger partial charge on any atom is -0.508 e. The Balaban J connectivity index is 1.43. The van der Waals surface area contributed by atoms with E-state index in [4.69, 9.17) is 16.1 Å². The fraction of sp³-hybridized carbons (Fsp3) is 0.400. The Labute approximate surface area is 265 Å². The zero-order valence-corrected chi connectivity index (χ0v) is 25.6. The summed E-state index contributed by atoms with van der Waals surface area (Å²) in [7, 11) is 0. The number of phenolic OH excluding ortho intramolecular Hbond substituents is 1. The highest BCUT2D eigenvalue weighted by Gasteiger charge is 2.35. The largest absolute Gasteiger partial charge is 0.508 e. The molecular weight excluding hydrogens is 593 g/mol. The Kier molecular flexibility index (Phi) is 7.83. The fourth-order valence-corrected chi connectivity index (χ4v) is 6.98. The van der Waals surface area contributed by atoms with Gasteiger partial charge in [-0.1, -0.05) is 17.9 Å². The molecule has 0 radical (unpaired) electrons. The van der Waals surface area contributed by atoms with Gasteiger partial charge in [-0.05, 0) is 62.6 Å². The number of benzene rings is 2. The molecule has 0 aliphatic carbocycles. The quantitative estimate of drug-likeness (QED) is 0.292. The molecule has 0 saturated carbocycles. The average molecular weight is 627 g/mol. The van der Waals surface area contributed by atoms with Gasteiger partial charge in [-0.25, -0.2) is 18.2 Å². The highest BCUT2D eigenvalue weighted by molar-refractivity contribution is 6.04. The van der Waals surface area contributed by atoms with Crippen LogP contribution >= 0.6 is 0 Å². The summed E-state index contributed by atoms with van der Waals surface area (Å²) in [5.41, 5.74) is 0.000282. The third-order valence-electron chi connectivity index (χ3n) is 9.20. The summed E-state index contributed by atoms with van der Waals surface area (Å²) in [4.78, 5) is 18.1. The molecule has 3 aliphatic rings. The number of pyridine rings is 1. The number of aromatic hydroxyl groups is 1. The zero-order valence-electron chi connectivity index (χ0n) is 25.6. The molecule has 3 saturated heterocycles. The zero-order chi connectivity index (χ0) is 32.1. The van der Waals surface area contributed by atoms with Crippen LogP contribution in [0.3, 0.4) is 0 Å². The van der Waals surface area contributed by atoms with Crippen molar-refractivity contribution < 1.29 is 23.0 Å². The molecule has 7 rings (SSSR count). The van der Waals surface area contributed by atoms with Crippen LogP contribution in [-0.4, -0.2) is 82.0 Å². The van der Waals surface area contributed by atoms with Gasteiger partial charge in [0.05, 0.1) is 10.9 Å². The number of fused-ring (bicyclic) bond motifs is 4. The van der Waals surface area contributed by atoms with E-state index in [1.807, 2.05) is 11.8 Å². The van der Waals surface area contributed by atoms with Crippen molar-refractivity contribution in [1.29, 1.82) is 0 Å². The van der Waals surface area contributed by atoms with Crippen molar-refractivity contribution in [3.8, 4) is 47.2 Å². The second-order valence-electron chi connectivity index (χ2n) is 12.3. The third kappa shape index (κ3) is 5.34. The van der Waals surface area contributed by atoms with Crippen LogP contribution in [0.5, 0.6) is 11.8 Å². The number of nitrogens with zero attached hydrogens (tertiary/aromatic N) is 5. The van der Waals surface area contributed by atoms with E-state index in [2.05, 4.69) is 37.9 Å². The maximum absolute atomic E-state index is 17.0. The number of hydrogen-bond donors (Lipinski definition) is 2. The van der Waals surface area contributed by atoms with Crippen LogP contribution in [0.2, 0.25) is 0 Å². The molecular formula is C35H33F3N6O2. The topological polar surface area (TPSA) is 86.6 Å². The number of halogens is 3. The summed E-state index contributed by atoms with van der Waals surface area (Å²) >= 11 is 0. The molecule has 0 spiro atoms. The van der Waals surface area contributed by atoms with Crippen LogP contribution in [0.25, 0.3) is 32.9 Å². The molecule has 0 amide bonds. The number of ether oxygens (including phenoxy) is 1. The van der Waals surface area contributed by atoms with Gasteiger partial charge in [0.1, 0.15) is 47.1 Å². The first kappa shape index (κ1) is 30.1. The first-order chi connectivity index (χ1) is 22.2. The molecule has 11 heteroatoms. The van der Waals surface area contributed by atoms with E-state index in [1.165, 1.54) is 24.3 Å². The summed E-state index contributed by atoms with van der Waals surface area (Å²) in [6.07, 6.45) is 7.35. The molecule has 5 heterocycles. The predicted octanol–water partition coefficient (Wildman–Crippen LogP) is 4.93. The van der Waals surface area contributed by atoms with Crippen molar-refractivity contribution in [1.82, 2.24) is 25.2 Å². The number of anilines is 1. The number of hydrogen-bond acceptors (Lipinski definition) is 8. The fourth-order valence-electron chi connectivity index (χ4n) is 6.98. The second-order valence-corrected chi connectivity index (χ2v) is 12.3. The second kappa shape index (κ2) is 12.0. The Morgan fingerprint density at radius 3 is 2.57 bits per heavy atom. The van der Waals surface area contributed by atoms with Gasteiger partial charge in [0, 0.05) is 55.3 Å². The normalized spacial score (nSPS) is 21.7. The molecule has 46 heavy (non-hydrogen) atoms. The molecule has 3 aliphatic heterocycles. The molecule has 2 bridgehead atoms. The van der Waals surface area contributed by atoms with Crippen molar-refractivity contribution in [2.45, 2.75) is 57.4 Å². The van der Waals surface area contributed by atoms with Crippen LogP contribution in [-0.2, 0) is 0 Å². The molecule has 8 nitrogen and oxygen atoms in total. The van der Waals surface area contributed by atoms with Gasteiger partial charge in [-0.2, -0.15) is 9.97 Å². The smallest absolute Gasteiger partial charge is 0.319 e. The van der Waals surface area contributed by atoms with E-state index in [0.717, 1.165) is 12.8 Å². The average Bonchev–Trinajstić information content (AvgIpc) is 3.64. The van der Waals surface area contributed by atoms with Gasteiger partial charge in [-0.15, -0.1) is 6.42 Å². The number of phenols is 1. The lowest BCUT2D eigenvalue weighted by Crippen LogP contribution is -2.51. The molecule has 236 valence electrons. The Morgan fingerprint density at radius 2 is 1.87 bits per heavy atom. The summed E-state index contributed by atoms with van der Waals surface area (Å²) < 4.78 is 51.9. The number of terminal acetylenes is 1. The summed E-state index contributed by atoms with van der Waals surface area (Å²) in [5, 5.41) is 15.2. The van der Waals surface area contributed by atoms with E-state index in [0.29, 0.717) is 49.2 Å². The van der Waals surface area contributed by atoms with E-state index >= 15 is 4.39 Å². The van der Waals surface area contributed by atoms with Crippen molar-refractivity contribution in [3.63, 3.8) is 0 Å². The molecule has 4 atom stereocenters. The predicted molar refractivity (Wildman–Crippen MR) is 171 cm³/mol. The van der Waals surface area contributed by atoms with Crippen LogP contribution in [0.4, 0.5) is 19.0 Å². The highest BCUT2D eigenvalue weighted by atomic mass is 19.1. The van der Waals surface area contributed by atoms with Crippen LogP contribution in [0.1, 0.15) is 44.4 Å². The summed E-state index contributed by atoms with van der Waals surface area (Å²) in [5.74, 6) is 7.08. The van der Waals surface area contributed by atoms with Gasteiger partial charge in [0.2, 0.25) is 0 Å². The lowest BCUT2D eigenvalue weighted by atomic mass is 9.95. The van der Waals surface area contributed by atoms with E-state index in [1.54, 1.807) is 6.92 Å². The van der Waals surface area contributed by atoms with Gasteiger partial charge < -0.3 is 20.1 Å². The van der Waals surface area contributed by atoms with E-state index in [9.17, 15) is 13.9 Å². The first-order valence-electron chi connectivity index (χ1n) is 15.5. The highest BCUT2D eigenvalue weighted by Crippen LogP contribution is 2.40. The number of aromatic nitrogens is 3. The molecule has 2 aromatic heterocycles. The first-order valence-corrected chi connectivity index (χ1v) is 15.5. The lowest BCUT2D eigenvalue weighted by molar-refractivity contribution is 0.156. The Morgan fingerprint density at radius 1 is 1.09 bits per heavy atom. The minimum absolute atomic E-state index is 0.0289. The molecule has 0 unspecified atom stereocenters. The maximum Gasteiger partial charge on any atom is 0.319 e. The third-order valence-corrected chi connectivity index (χ3v) is 9.20. The van der Waals surface area contributed by atoms with Gasteiger partial charge in [0.15, 0.2) is 5.82 Å². The Hall–Kier alpha value is -4.58. The van der Waals surface area contributed by atoms with Crippen molar-refractivity contribution >= 4 is 27.5 Å².